The van der Waals surface area contributed by atoms with Crippen molar-refractivity contribution in [3.05, 3.63) is 22.8 Å². The van der Waals surface area contributed by atoms with Crippen LogP contribution in [-0.4, -0.2) is 43.6 Å². The summed E-state index contributed by atoms with van der Waals surface area (Å²) in [6.45, 7) is 1.82. The molecular weight excluding hydrogens is 246 g/mol. The molecule has 0 aliphatic carbocycles. The van der Waals surface area contributed by atoms with Gasteiger partial charge in [0.1, 0.15) is 6.61 Å². The summed E-state index contributed by atoms with van der Waals surface area (Å²) in [5, 5.41) is 9.43. The Morgan fingerprint density at radius 1 is 1.29 bits per heavy atom. The van der Waals surface area contributed by atoms with Gasteiger partial charge in [-0.1, -0.05) is 11.6 Å². The molecule has 0 saturated heterocycles. The number of rotatable bonds is 8. The van der Waals surface area contributed by atoms with E-state index in [0.717, 1.165) is 0 Å². The van der Waals surface area contributed by atoms with Gasteiger partial charge in [0.05, 0.1) is 31.5 Å². The summed E-state index contributed by atoms with van der Waals surface area (Å²) < 4.78 is 15.4. The number of halogens is 1. The van der Waals surface area contributed by atoms with Crippen molar-refractivity contribution in [3.63, 3.8) is 0 Å². The minimum Gasteiger partial charge on any atom is -0.475 e. The molecule has 0 aliphatic rings. The van der Waals surface area contributed by atoms with Crippen molar-refractivity contribution in [1.82, 2.24) is 4.98 Å². The van der Waals surface area contributed by atoms with Crippen molar-refractivity contribution < 1.29 is 19.3 Å². The van der Waals surface area contributed by atoms with E-state index in [1.54, 1.807) is 13.2 Å². The number of aliphatic hydroxyl groups excluding tert-OH is 1. The lowest BCUT2D eigenvalue weighted by atomic mass is 10.3. The first-order valence-electron chi connectivity index (χ1n) is 5.22. The molecule has 1 N–H and O–H groups in total. The van der Waals surface area contributed by atoms with Crippen LogP contribution in [0.2, 0.25) is 5.02 Å². The van der Waals surface area contributed by atoms with Crippen molar-refractivity contribution >= 4 is 11.6 Å². The summed E-state index contributed by atoms with van der Waals surface area (Å²) in [5.41, 5.74) is 0.594. The standard InChI is InChI=1S/C11H16ClNO4/c1-15-2-3-16-4-5-17-11-6-9(8-14)10(12)7-13-11/h6-7,14H,2-5,8H2,1H3. The van der Waals surface area contributed by atoms with Gasteiger partial charge >= 0.3 is 0 Å². The molecule has 0 saturated carbocycles. The zero-order valence-corrected chi connectivity index (χ0v) is 10.4. The van der Waals surface area contributed by atoms with E-state index in [9.17, 15) is 0 Å². The van der Waals surface area contributed by atoms with E-state index in [-0.39, 0.29) is 6.61 Å². The number of ether oxygens (including phenoxy) is 3. The summed E-state index contributed by atoms with van der Waals surface area (Å²) >= 11 is 5.80. The van der Waals surface area contributed by atoms with E-state index in [2.05, 4.69) is 4.98 Å². The van der Waals surface area contributed by atoms with Crippen LogP contribution >= 0.6 is 11.6 Å². The summed E-state index contributed by atoms with van der Waals surface area (Å²) in [5.74, 6) is 0.425. The molecule has 17 heavy (non-hydrogen) atoms. The smallest absolute Gasteiger partial charge is 0.213 e. The predicted octanol–water partition coefficient (Wildman–Crippen LogP) is 1.27. The molecule has 0 fully saturated rings. The number of hydrogen-bond donors (Lipinski definition) is 1. The van der Waals surface area contributed by atoms with Gasteiger partial charge in [-0.25, -0.2) is 4.98 Å². The van der Waals surface area contributed by atoms with Crippen LogP contribution in [0, 0.1) is 0 Å². The van der Waals surface area contributed by atoms with Crippen LogP contribution in [0.15, 0.2) is 12.3 Å². The first kappa shape index (κ1) is 14.2. The molecule has 0 spiro atoms. The van der Waals surface area contributed by atoms with Crippen LogP contribution in [0.25, 0.3) is 0 Å². The molecule has 1 aromatic heterocycles. The highest BCUT2D eigenvalue weighted by Gasteiger charge is 2.03. The molecule has 0 aliphatic heterocycles. The van der Waals surface area contributed by atoms with Crippen LogP contribution in [0.1, 0.15) is 5.56 Å². The van der Waals surface area contributed by atoms with Crippen LogP contribution in [0.5, 0.6) is 5.88 Å². The van der Waals surface area contributed by atoms with Crippen molar-refractivity contribution in [3.8, 4) is 5.88 Å². The van der Waals surface area contributed by atoms with Gasteiger partial charge < -0.3 is 19.3 Å². The minimum atomic E-state index is -0.137. The zero-order valence-electron chi connectivity index (χ0n) is 9.69. The fourth-order valence-corrected chi connectivity index (χ4v) is 1.27. The van der Waals surface area contributed by atoms with Crippen LogP contribution in [0.3, 0.4) is 0 Å². The largest absolute Gasteiger partial charge is 0.475 e. The van der Waals surface area contributed by atoms with Crippen molar-refractivity contribution in [2.24, 2.45) is 0 Å². The van der Waals surface area contributed by atoms with Crippen molar-refractivity contribution in [2.45, 2.75) is 6.61 Å². The Kier molecular flexibility index (Phi) is 6.88. The molecule has 1 aromatic rings. The average molecular weight is 262 g/mol. The lowest BCUT2D eigenvalue weighted by Crippen LogP contribution is -2.10. The van der Waals surface area contributed by atoms with Gasteiger partial charge in [-0.2, -0.15) is 0 Å². The molecule has 0 amide bonds. The lowest BCUT2D eigenvalue weighted by molar-refractivity contribution is 0.0536. The molecule has 0 atom stereocenters. The molecule has 0 bridgehead atoms. The number of aliphatic hydroxyl groups is 1. The molecule has 6 heteroatoms. The Bertz CT molecular complexity index is 335. The summed E-state index contributed by atoms with van der Waals surface area (Å²) in [6, 6.07) is 1.61. The molecule has 1 rings (SSSR count). The SMILES string of the molecule is COCCOCCOc1cc(CO)c(Cl)cn1. The van der Waals surface area contributed by atoms with E-state index in [1.165, 1.54) is 6.20 Å². The van der Waals surface area contributed by atoms with Gasteiger partial charge in [-0.15, -0.1) is 0 Å². The maximum Gasteiger partial charge on any atom is 0.213 e. The zero-order chi connectivity index (χ0) is 12.5. The second kappa shape index (κ2) is 8.25. The van der Waals surface area contributed by atoms with Gasteiger partial charge in [0, 0.05) is 24.9 Å². The maximum atomic E-state index is 9.01. The summed E-state index contributed by atoms with van der Waals surface area (Å²) in [6.07, 6.45) is 1.45. The third-order valence-electron chi connectivity index (χ3n) is 1.99. The fourth-order valence-electron chi connectivity index (χ4n) is 1.11. The quantitative estimate of drug-likeness (QED) is 0.714. The number of nitrogens with zero attached hydrogens (tertiary/aromatic N) is 1. The monoisotopic (exact) mass is 261 g/mol. The number of methoxy groups -OCH3 is 1. The molecule has 5 nitrogen and oxygen atoms in total. The Hall–Kier alpha value is -0.880. The molecule has 1 heterocycles. The Balaban J connectivity index is 2.27. The van der Waals surface area contributed by atoms with Gasteiger partial charge in [0.25, 0.3) is 0 Å². The normalized spacial score (nSPS) is 10.5. The molecule has 0 aromatic carbocycles. The second-order valence-corrected chi connectivity index (χ2v) is 3.63. The van der Waals surface area contributed by atoms with Gasteiger partial charge in [-0.05, 0) is 0 Å². The number of pyridine rings is 1. The van der Waals surface area contributed by atoms with Crippen molar-refractivity contribution in [1.29, 1.82) is 0 Å². The van der Waals surface area contributed by atoms with E-state index in [1.807, 2.05) is 0 Å². The highest BCUT2D eigenvalue weighted by molar-refractivity contribution is 6.31. The van der Waals surface area contributed by atoms with E-state index >= 15 is 0 Å². The van der Waals surface area contributed by atoms with E-state index in [4.69, 9.17) is 30.9 Å². The van der Waals surface area contributed by atoms with E-state index in [0.29, 0.717) is 42.9 Å². The van der Waals surface area contributed by atoms with E-state index < -0.39 is 0 Å². The summed E-state index contributed by atoms with van der Waals surface area (Å²) in [7, 11) is 1.62. The number of hydrogen-bond acceptors (Lipinski definition) is 5. The Morgan fingerprint density at radius 2 is 2.06 bits per heavy atom. The molecule has 0 unspecified atom stereocenters. The number of aromatic nitrogens is 1. The van der Waals surface area contributed by atoms with Crippen LogP contribution in [0.4, 0.5) is 0 Å². The first-order chi connectivity index (χ1) is 8.27. The second-order valence-electron chi connectivity index (χ2n) is 3.23. The van der Waals surface area contributed by atoms with Crippen LogP contribution < -0.4 is 4.74 Å². The van der Waals surface area contributed by atoms with Crippen LogP contribution in [-0.2, 0) is 16.1 Å². The fraction of sp³-hybridized carbons (Fsp3) is 0.545. The topological polar surface area (TPSA) is 60.8 Å². The maximum absolute atomic E-state index is 9.01. The Morgan fingerprint density at radius 3 is 2.76 bits per heavy atom. The van der Waals surface area contributed by atoms with Gasteiger partial charge in [0.15, 0.2) is 0 Å². The highest BCUT2D eigenvalue weighted by Crippen LogP contribution is 2.18. The van der Waals surface area contributed by atoms with Crippen molar-refractivity contribution in [2.75, 3.05) is 33.5 Å². The van der Waals surface area contributed by atoms with Gasteiger partial charge in [0.2, 0.25) is 5.88 Å². The summed E-state index contributed by atoms with van der Waals surface area (Å²) in [4.78, 5) is 3.98. The third-order valence-corrected chi connectivity index (χ3v) is 2.33. The third kappa shape index (κ3) is 5.32. The molecular formula is C11H16ClNO4. The predicted molar refractivity (Wildman–Crippen MR) is 63.4 cm³/mol. The first-order valence-corrected chi connectivity index (χ1v) is 5.60. The van der Waals surface area contributed by atoms with Gasteiger partial charge in [-0.3, -0.25) is 0 Å². The molecule has 0 radical (unpaired) electrons. The molecule has 96 valence electrons. The average Bonchev–Trinajstić information content (AvgIpc) is 2.35. The minimum absolute atomic E-state index is 0.137. The lowest BCUT2D eigenvalue weighted by Gasteiger charge is -2.07. The highest BCUT2D eigenvalue weighted by atomic mass is 35.5. The Labute approximate surface area is 105 Å².